The maximum Gasteiger partial charge on any atom is 0.0428 e. The molecule has 0 saturated heterocycles. The molecule has 0 saturated carbocycles. The highest BCUT2D eigenvalue weighted by molar-refractivity contribution is 7.99. The first-order valence-corrected chi connectivity index (χ1v) is 8.16. The summed E-state index contributed by atoms with van der Waals surface area (Å²) in [5.41, 5.74) is 1.49. The maximum atomic E-state index is 3.74. The van der Waals surface area contributed by atoms with Crippen LogP contribution in [0.4, 0.5) is 0 Å². The lowest BCUT2D eigenvalue weighted by atomic mass is 10.1. The van der Waals surface area contributed by atoms with Gasteiger partial charge in [-0.3, -0.25) is 0 Å². The van der Waals surface area contributed by atoms with Crippen molar-refractivity contribution in [2.24, 2.45) is 0 Å². The molecule has 1 nitrogen and oxygen atoms in total. The molecule has 0 aliphatic carbocycles. The molecule has 1 aliphatic heterocycles. The molecule has 0 amide bonds. The summed E-state index contributed by atoms with van der Waals surface area (Å²) in [6, 6.07) is 9.93. The van der Waals surface area contributed by atoms with Crippen LogP contribution in [-0.4, -0.2) is 23.8 Å². The molecule has 1 aromatic rings. The lowest BCUT2D eigenvalue weighted by molar-refractivity contribution is 0.477. The lowest BCUT2D eigenvalue weighted by Crippen LogP contribution is -2.31. The number of fused-ring (bicyclic) bond motifs is 1. The molecule has 88 valence electrons. The summed E-state index contributed by atoms with van der Waals surface area (Å²) in [7, 11) is 0. The van der Waals surface area contributed by atoms with Gasteiger partial charge in [0.15, 0.2) is 0 Å². The molecular weight excluding hydrogens is 234 g/mol. The van der Waals surface area contributed by atoms with Gasteiger partial charge in [0.1, 0.15) is 0 Å². The molecule has 1 N–H and O–H groups in total. The van der Waals surface area contributed by atoms with Crippen molar-refractivity contribution in [3.63, 3.8) is 0 Å². The number of hydrogen-bond donors (Lipinski definition) is 1. The minimum absolute atomic E-state index is 0.554. The number of nitrogens with one attached hydrogen (secondary N) is 1. The molecule has 3 heteroatoms. The van der Waals surface area contributed by atoms with E-state index in [-0.39, 0.29) is 0 Å². The Hall–Kier alpha value is -0.120. The third kappa shape index (κ3) is 2.96. The van der Waals surface area contributed by atoms with E-state index in [0.717, 1.165) is 0 Å². The SMILES string of the molecule is CSCCC(C)NC1CSc2ccccc21. The second kappa shape index (κ2) is 5.99. The standard InChI is InChI=1S/C13H19NS2/c1-10(7-8-15-2)14-12-9-16-13-6-4-3-5-11(12)13/h3-6,10,12,14H,7-9H2,1-2H3. The molecule has 2 atom stereocenters. The number of hydrogen-bond acceptors (Lipinski definition) is 3. The van der Waals surface area contributed by atoms with Crippen LogP contribution in [0.15, 0.2) is 29.2 Å². The van der Waals surface area contributed by atoms with Crippen molar-refractivity contribution >= 4 is 23.5 Å². The predicted molar refractivity (Wildman–Crippen MR) is 75.5 cm³/mol. The Bertz CT molecular complexity index is 340. The molecule has 2 rings (SSSR count). The molecule has 1 aromatic carbocycles. The summed E-state index contributed by atoms with van der Waals surface area (Å²) in [5.74, 6) is 2.43. The normalized spacial score (nSPS) is 20.8. The Morgan fingerprint density at radius 3 is 3.12 bits per heavy atom. The van der Waals surface area contributed by atoms with Crippen molar-refractivity contribution in [1.29, 1.82) is 0 Å². The molecule has 16 heavy (non-hydrogen) atoms. The van der Waals surface area contributed by atoms with Gasteiger partial charge in [0.2, 0.25) is 0 Å². The van der Waals surface area contributed by atoms with Gasteiger partial charge in [-0.25, -0.2) is 0 Å². The first-order valence-electron chi connectivity index (χ1n) is 5.78. The Labute approximate surface area is 107 Å². The highest BCUT2D eigenvalue weighted by Gasteiger charge is 2.23. The largest absolute Gasteiger partial charge is 0.307 e. The van der Waals surface area contributed by atoms with Gasteiger partial charge >= 0.3 is 0 Å². The van der Waals surface area contributed by atoms with Crippen LogP contribution < -0.4 is 5.32 Å². The van der Waals surface area contributed by atoms with Crippen molar-refractivity contribution in [3.05, 3.63) is 29.8 Å². The van der Waals surface area contributed by atoms with Gasteiger partial charge < -0.3 is 5.32 Å². The van der Waals surface area contributed by atoms with E-state index >= 15 is 0 Å². The van der Waals surface area contributed by atoms with Crippen molar-refractivity contribution in [1.82, 2.24) is 5.32 Å². The van der Waals surface area contributed by atoms with Crippen LogP contribution in [0.1, 0.15) is 24.9 Å². The molecule has 2 unspecified atom stereocenters. The second-order valence-electron chi connectivity index (χ2n) is 4.25. The predicted octanol–water partition coefficient (Wildman–Crippen LogP) is 3.56. The van der Waals surface area contributed by atoms with Crippen LogP contribution in [0, 0.1) is 0 Å². The Balaban J connectivity index is 1.92. The molecule has 1 heterocycles. The van der Waals surface area contributed by atoms with Crippen LogP contribution >= 0.6 is 23.5 Å². The molecular formula is C13H19NS2. The van der Waals surface area contributed by atoms with Crippen molar-refractivity contribution in [3.8, 4) is 0 Å². The van der Waals surface area contributed by atoms with E-state index in [0.29, 0.717) is 12.1 Å². The van der Waals surface area contributed by atoms with E-state index < -0.39 is 0 Å². The fourth-order valence-electron chi connectivity index (χ4n) is 2.02. The van der Waals surface area contributed by atoms with E-state index in [1.54, 1.807) is 0 Å². The first-order chi connectivity index (χ1) is 7.81. The summed E-state index contributed by atoms with van der Waals surface area (Å²) < 4.78 is 0. The third-order valence-electron chi connectivity index (χ3n) is 2.94. The third-order valence-corrected chi connectivity index (χ3v) is 4.77. The zero-order valence-electron chi connectivity index (χ0n) is 9.90. The summed E-state index contributed by atoms with van der Waals surface area (Å²) in [4.78, 5) is 1.46. The molecule has 0 radical (unpaired) electrons. The minimum Gasteiger partial charge on any atom is -0.307 e. The van der Waals surface area contributed by atoms with Gasteiger partial charge in [-0.15, -0.1) is 11.8 Å². The average Bonchev–Trinajstić information content (AvgIpc) is 2.70. The summed E-state index contributed by atoms with van der Waals surface area (Å²) in [6.45, 7) is 2.29. The van der Waals surface area contributed by atoms with Crippen molar-refractivity contribution < 1.29 is 0 Å². The van der Waals surface area contributed by atoms with Gasteiger partial charge in [0.25, 0.3) is 0 Å². The summed E-state index contributed by atoms with van der Waals surface area (Å²) >= 11 is 3.90. The van der Waals surface area contributed by atoms with E-state index in [1.807, 2.05) is 23.5 Å². The van der Waals surface area contributed by atoms with Gasteiger partial charge in [-0.1, -0.05) is 18.2 Å². The molecule has 1 aliphatic rings. The second-order valence-corrected chi connectivity index (χ2v) is 6.30. The van der Waals surface area contributed by atoms with E-state index in [1.165, 1.54) is 28.4 Å². The fraction of sp³-hybridized carbons (Fsp3) is 0.538. The highest BCUT2D eigenvalue weighted by Crippen LogP contribution is 2.37. The van der Waals surface area contributed by atoms with Crippen LogP contribution in [0.5, 0.6) is 0 Å². The zero-order valence-corrected chi connectivity index (χ0v) is 11.5. The van der Waals surface area contributed by atoms with E-state index in [9.17, 15) is 0 Å². The summed E-state index contributed by atoms with van der Waals surface area (Å²) in [5, 5.41) is 3.74. The Morgan fingerprint density at radius 2 is 2.31 bits per heavy atom. The van der Waals surface area contributed by atoms with Gasteiger partial charge in [0.05, 0.1) is 0 Å². The fourth-order valence-corrected chi connectivity index (χ4v) is 3.79. The Kier molecular flexibility index (Phi) is 4.62. The molecule has 0 fully saturated rings. The highest BCUT2D eigenvalue weighted by atomic mass is 32.2. The van der Waals surface area contributed by atoms with Gasteiger partial charge in [-0.2, -0.15) is 11.8 Å². The van der Waals surface area contributed by atoms with E-state index in [4.69, 9.17) is 0 Å². The number of rotatable bonds is 5. The minimum atomic E-state index is 0.554. The van der Waals surface area contributed by atoms with Gasteiger partial charge in [0, 0.05) is 22.7 Å². The van der Waals surface area contributed by atoms with E-state index in [2.05, 4.69) is 42.8 Å². The van der Waals surface area contributed by atoms with Crippen LogP contribution in [-0.2, 0) is 0 Å². The average molecular weight is 253 g/mol. The molecule has 0 bridgehead atoms. The lowest BCUT2D eigenvalue weighted by Gasteiger charge is -2.19. The van der Waals surface area contributed by atoms with Crippen LogP contribution in [0.2, 0.25) is 0 Å². The topological polar surface area (TPSA) is 12.0 Å². The number of benzene rings is 1. The smallest absolute Gasteiger partial charge is 0.0428 e. The number of thioether (sulfide) groups is 2. The monoisotopic (exact) mass is 253 g/mol. The maximum absolute atomic E-state index is 3.74. The molecule has 0 aromatic heterocycles. The van der Waals surface area contributed by atoms with Gasteiger partial charge in [-0.05, 0) is 37.0 Å². The van der Waals surface area contributed by atoms with Crippen molar-refractivity contribution in [2.75, 3.05) is 17.8 Å². The van der Waals surface area contributed by atoms with Crippen molar-refractivity contribution in [2.45, 2.75) is 30.3 Å². The summed E-state index contributed by atoms with van der Waals surface area (Å²) in [6.07, 6.45) is 3.43. The van der Waals surface area contributed by atoms with Crippen LogP contribution in [0.3, 0.4) is 0 Å². The van der Waals surface area contributed by atoms with Crippen LogP contribution in [0.25, 0.3) is 0 Å². The first kappa shape index (κ1) is 12.3. The zero-order chi connectivity index (χ0) is 11.4. The Morgan fingerprint density at radius 1 is 1.50 bits per heavy atom. The quantitative estimate of drug-likeness (QED) is 0.861. The molecule has 0 spiro atoms.